The van der Waals surface area contributed by atoms with Gasteiger partial charge in [-0.05, 0) is 24.8 Å². The van der Waals surface area contributed by atoms with E-state index >= 15 is 0 Å². The molecule has 1 aromatic rings. The summed E-state index contributed by atoms with van der Waals surface area (Å²) in [5.74, 6) is -0.692. The number of hydrogen-bond acceptors (Lipinski definition) is 2. The monoisotopic (exact) mass is 233 g/mol. The lowest BCUT2D eigenvalue weighted by molar-refractivity contribution is -0.144. The summed E-state index contributed by atoms with van der Waals surface area (Å²) in [6.45, 7) is 0.732. The first-order chi connectivity index (χ1) is 8.23. The molecule has 1 fully saturated rings. The van der Waals surface area contributed by atoms with Crippen molar-refractivity contribution in [2.45, 2.75) is 37.6 Å². The minimum absolute atomic E-state index is 0.658. The standard InChI is InChI=1S/C14H19NO2/c16-13(17)14(9-4-5-10-14)15-11-8-12-6-2-1-3-7-12/h1-3,6-7,15H,4-5,8-11H2,(H,16,17). The quantitative estimate of drug-likeness (QED) is 0.819. The maximum atomic E-state index is 11.3. The van der Waals surface area contributed by atoms with Crippen LogP contribution in [0.1, 0.15) is 31.2 Å². The van der Waals surface area contributed by atoms with Crippen molar-refractivity contribution in [2.24, 2.45) is 0 Å². The Labute approximate surface area is 102 Å². The van der Waals surface area contributed by atoms with E-state index in [4.69, 9.17) is 0 Å². The van der Waals surface area contributed by atoms with Gasteiger partial charge in [-0.1, -0.05) is 43.2 Å². The number of carboxylic acid groups (broad SMARTS) is 1. The lowest BCUT2D eigenvalue weighted by atomic mass is 9.97. The summed E-state index contributed by atoms with van der Waals surface area (Å²) in [5.41, 5.74) is 0.591. The third-order valence-corrected chi connectivity index (χ3v) is 3.59. The van der Waals surface area contributed by atoms with Crippen molar-refractivity contribution in [1.82, 2.24) is 5.32 Å². The fourth-order valence-corrected chi connectivity index (χ4v) is 2.54. The summed E-state index contributed by atoms with van der Waals surface area (Å²) < 4.78 is 0. The van der Waals surface area contributed by atoms with Crippen molar-refractivity contribution in [1.29, 1.82) is 0 Å². The van der Waals surface area contributed by atoms with Crippen LogP contribution in [0.15, 0.2) is 30.3 Å². The van der Waals surface area contributed by atoms with Crippen LogP contribution in [0, 0.1) is 0 Å². The molecule has 0 aromatic heterocycles. The summed E-state index contributed by atoms with van der Waals surface area (Å²) >= 11 is 0. The minimum atomic E-state index is -0.692. The molecule has 17 heavy (non-hydrogen) atoms. The van der Waals surface area contributed by atoms with Crippen LogP contribution in [-0.4, -0.2) is 23.2 Å². The van der Waals surface area contributed by atoms with Crippen LogP contribution < -0.4 is 5.32 Å². The Balaban J connectivity index is 1.87. The van der Waals surface area contributed by atoms with Gasteiger partial charge in [-0.2, -0.15) is 0 Å². The molecule has 3 nitrogen and oxygen atoms in total. The summed E-state index contributed by atoms with van der Waals surface area (Å²) in [4.78, 5) is 11.3. The molecule has 0 heterocycles. The van der Waals surface area contributed by atoms with E-state index in [2.05, 4.69) is 17.4 Å². The molecule has 1 saturated carbocycles. The molecule has 0 atom stereocenters. The number of hydrogen-bond donors (Lipinski definition) is 2. The zero-order valence-electron chi connectivity index (χ0n) is 9.98. The maximum Gasteiger partial charge on any atom is 0.323 e. The van der Waals surface area contributed by atoms with Crippen LogP contribution in [0.4, 0.5) is 0 Å². The molecule has 0 saturated heterocycles. The van der Waals surface area contributed by atoms with Crippen molar-refractivity contribution >= 4 is 5.97 Å². The van der Waals surface area contributed by atoms with Gasteiger partial charge in [0.1, 0.15) is 5.54 Å². The van der Waals surface area contributed by atoms with Crippen molar-refractivity contribution in [2.75, 3.05) is 6.54 Å². The average Bonchev–Trinajstić information content (AvgIpc) is 2.80. The van der Waals surface area contributed by atoms with E-state index in [9.17, 15) is 9.90 Å². The van der Waals surface area contributed by atoms with Gasteiger partial charge in [0.15, 0.2) is 0 Å². The van der Waals surface area contributed by atoms with Gasteiger partial charge in [-0.3, -0.25) is 4.79 Å². The Morgan fingerprint density at radius 3 is 2.47 bits per heavy atom. The summed E-state index contributed by atoms with van der Waals surface area (Å²) in [6, 6.07) is 10.2. The highest BCUT2D eigenvalue weighted by atomic mass is 16.4. The second kappa shape index (κ2) is 5.32. The Morgan fingerprint density at radius 1 is 1.24 bits per heavy atom. The van der Waals surface area contributed by atoms with Crippen molar-refractivity contribution in [3.8, 4) is 0 Å². The van der Waals surface area contributed by atoms with Crippen LogP contribution in [0.2, 0.25) is 0 Å². The highest BCUT2D eigenvalue weighted by Crippen LogP contribution is 2.29. The van der Waals surface area contributed by atoms with Crippen molar-refractivity contribution in [3.63, 3.8) is 0 Å². The van der Waals surface area contributed by atoms with E-state index in [1.54, 1.807) is 0 Å². The van der Waals surface area contributed by atoms with Crippen LogP contribution in [0.25, 0.3) is 0 Å². The number of carboxylic acids is 1. The molecule has 92 valence electrons. The number of nitrogens with one attached hydrogen (secondary N) is 1. The van der Waals surface area contributed by atoms with E-state index in [0.717, 1.165) is 38.6 Å². The summed E-state index contributed by atoms with van der Waals surface area (Å²) in [7, 11) is 0. The van der Waals surface area contributed by atoms with Crippen molar-refractivity contribution < 1.29 is 9.90 Å². The van der Waals surface area contributed by atoms with Gasteiger partial charge in [0.05, 0.1) is 0 Å². The van der Waals surface area contributed by atoms with Gasteiger partial charge in [-0.25, -0.2) is 0 Å². The molecule has 0 spiro atoms. The molecule has 0 amide bonds. The van der Waals surface area contributed by atoms with Crippen LogP contribution in [-0.2, 0) is 11.2 Å². The molecular formula is C14H19NO2. The Hall–Kier alpha value is -1.35. The van der Waals surface area contributed by atoms with E-state index in [1.807, 2.05) is 18.2 Å². The van der Waals surface area contributed by atoms with Gasteiger partial charge in [-0.15, -0.1) is 0 Å². The van der Waals surface area contributed by atoms with Gasteiger partial charge < -0.3 is 10.4 Å². The maximum absolute atomic E-state index is 11.3. The zero-order valence-corrected chi connectivity index (χ0v) is 9.98. The predicted molar refractivity (Wildman–Crippen MR) is 67.0 cm³/mol. The summed E-state index contributed by atoms with van der Waals surface area (Å²) in [5, 5.41) is 12.5. The number of aliphatic carboxylic acids is 1. The largest absolute Gasteiger partial charge is 0.480 e. The molecule has 1 aliphatic carbocycles. The lowest BCUT2D eigenvalue weighted by Gasteiger charge is -2.25. The molecule has 0 aliphatic heterocycles. The van der Waals surface area contributed by atoms with E-state index in [-0.39, 0.29) is 0 Å². The molecule has 2 N–H and O–H groups in total. The number of benzene rings is 1. The SMILES string of the molecule is O=C(O)C1(NCCc2ccccc2)CCCC1. The zero-order chi connectivity index (χ0) is 12.1. The minimum Gasteiger partial charge on any atom is -0.480 e. The van der Waals surface area contributed by atoms with Crippen LogP contribution in [0.3, 0.4) is 0 Å². The molecule has 0 bridgehead atoms. The lowest BCUT2D eigenvalue weighted by Crippen LogP contribution is -2.50. The predicted octanol–water partition coefficient (Wildman–Crippen LogP) is 2.22. The highest BCUT2D eigenvalue weighted by molar-refractivity contribution is 5.79. The second-order valence-electron chi connectivity index (χ2n) is 4.76. The summed E-state index contributed by atoms with van der Waals surface area (Å²) in [6.07, 6.45) is 4.44. The third-order valence-electron chi connectivity index (χ3n) is 3.59. The van der Waals surface area contributed by atoms with Gasteiger partial charge in [0, 0.05) is 6.54 Å². The van der Waals surface area contributed by atoms with E-state index < -0.39 is 11.5 Å². The first-order valence-electron chi connectivity index (χ1n) is 6.25. The van der Waals surface area contributed by atoms with Gasteiger partial charge >= 0.3 is 5.97 Å². The molecule has 1 aliphatic rings. The van der Waals surface area contributed by atoms with E-state index in [0.29, 0.717) is 0 Å². The Bertz CT molecular complexity index is 369. The normalized spacial score (nSPS) is 18.1. The first kappa shape index (κ1) is 12.1. The van der Waals surface area contributed by atoms with Gasteiger partial charge in [0.2, 0.25) is 0 Å². The smallest absolute Gasteiger partial charge is 0.323 e. The van der Waals surface area contributed by atoms with E-state index in [1.165, 1.54) is 5.56 Å². The first-order valence-corrected chi connectivity index (χ1v) is 6.25. The Kier molecular flexibility index (Phi) is 3.79. The Morgan fingerprint density at radius 2 is 1.88 bits per heavy atom. The molecular weight excluding hydrogens is 214 g/mol. The fourth-order valence-electron chi connectivity index (χ4n) is 2.54. The molecule has 1 aromatic carbocycles. The molecule has 0 radical (unpaired) electrons. The topological polar surface area (TPSA) is 49.3 Å². The van der Waals surface area contributed by atoms with Crippen LogP contribution >= 0.6 is 0 Å². The third kappa shape index (κ3) is 2.86. The molecule has 2 rings (SSSR count). The number of carbonyl (C=O) groups is 1. The highest BCUT2D eigenvalue weighted by Gasteiger charge is 2.40. The molecule has 3 heteroatoms. The average molecular weight is 233 g/mol. The molecule has 0 unspecified atom stereocenters. The van der Waals surface area contributed by atoms with Crippen LogP contribution in [0.5, 0.6) is 0 Å². The number of rotatable bonds is 5. The fraction of sp³-hybridized carbons (Fsp3) is 0.500. The van der Waals surface area contributed by atoms with Gasteiger partial charge in [0.25, 0.3) is 0 Å². The van der Waals surface area contributed by atoms with Crippen molar-refractivity contribution in [3.05, 3.63) is 35.9 Å². The second-order valence-corrected chi connectivity index (χ2v) is 4.76.